The number of nitrogens with zero attached hydrogens (tertiary/aromatic N) is 2. The summed E-state index contributed by atoms with van der Waals surface area (Å²) < 4.78 is 22.0. The van der Waals surface area contributed by atoms with Gasteiger partial charge in [-0.25, -0.2) is 4.79 Å². The van der Waals surface area contributed by atoms with Gasteiger partial charge in [0, 0.05) is 56.8 Å². The van der Waals surface area contributed by atoms with E-state index in [4.69, 9.17) is 18.9 Å². The highest BCUT2D eigenvalue weighted by Crippen LogP contribution is 2.44. The van der Waals surface area contributed by atoms with Gasteiger partial charge in [0.25, 0.3) is 0 Å². The van der Waals surface area contributed by atoms with Gasteiger partial charge in [-0.2, -0.15) is 0 Å². The van der Waals surface area contributed by atoms with Crippen LogP contribution in [0.1, 0.15) is 28.4 Å². The van der Waals surface area contributed by atoms with Crippen molar-refractivity contribution in [2.45, 2.75) is 12.5 Å². The Kier molecular flexibility index (Phi) is 8.40. The largest absolute Gasteiger partial charge is 0.493 e. The molecule has 2 aliphatic rings. The molecule has 2 aromatic carbocycles. The van der Waals surface area contributed by atoms with Crippen LogP contribution in [0.15, 0.2) is 41.4 Å². The molecule has 0 saturated carbocycles. The van der Waals surface area contributed by atoms with Gasteiger partial charge in [-0.15, -0.1) is 0 Å². The summed E-state index contributed by atoms with van der Waals surface area (Å²) in [4.78, 5) is 31.8. The summed E-state index contributed by atoms with van der Waals surface area (Å²) in [7, 11) is 3.19. The lowest BCUT2D eigenvalue weighted by Crippen LogP contribution is -2.47. The topological polar surface area (TPSA) is 119 Å². The Balaban J connectivity index is 1.71. The Morgan fingerprint density at radius 1 is 1.14 bits per heavy atom. The van der Waals surface area contributed by atoms with Crippen molar-refractivity contribution in [2.24, 2.45) is 10.9 Å². The second kappa shape index (κ2) is 11.9. The number of fused-ring (bicyclic) bond motifs is 1. The quantitative estimate of drug-likeness (QED) is 0.481. The van der Waals surface area contributed by atoms with E-state index in [9.17, 15) is 14.7 Å². The van der Waals surface area contributed by atoms with E-state index in [1.807, 2.05) is 0 Å². The Bertz CT molecular complexity index is 1110. The first-order valence-corrected chi connectivity index (χ1v) is 11.9. The van der Waals surface area contributed by atoms with Gasteiger partial charge in [-0.05, 0) is 18.2 Å². The monoisotopic (exact) mass is 497 g/mol. The van der Waals surface area contributed by atoms with E-state index in [0.29, 0.717) is 74.4 Å². The Hall–Kier alpha value is -3.63. The molecule has 36 heavy (non-hydrogen) atoms. The number of carbonyl (C=O) groups excluding carboxylic acids is 1. The second-order valence-electron chi connectivity index (χ2n) is 8.47. The van der Waals surface area contributed by atoms with E-state index in [2.05, 4.69) is 10.3 Å². The molecule has 2 aliphatic heterocycles. The minimum Gasteiger partial charge on any atom is -0.493 e. The number of para-hydroxylation sites is 1. The van der Waals surface area contributed by atoms with E-state index in [1.165, 1.54) is 6.07 Å². The molecule has 10 heteroatoms. The van der Waals surface area contributed by atoms with E-state index >= 15 is 0 Å². The maximum absolute atomic E-state index is 13.6. The molecule has 0 bridgehead atoms. The molecule has 1 fully saturated rings. The molecule has 0 spiro atoms. The van der Waals surface area contributed by atoms with Gasteiger partial charge in [0.2, 0.25) is 5.91 Å². The van der Waals surface area contributed by atoms with Crippen LogP contribution >= 0.6 is 0 Å². The summed E-state index contributed by atoms with van der Waals surface area (Å²) >= 11 is 0. The average molecular weight is 498 g/mol. The van der Waals surface area contributed by atoms with Crippen molar-refractivity contribution < 1.29 is 33.6 Å². The summed E-state index contributed by atoms with van der Waals surface area (Å²) in [6, 6.07) is 9.64. The van der Waals surface area contributed by atoms with Crippen LogP contribution in [-0.4, -0.2) is 81.8 Å². The van der Waals surface area contributed by atoms with E-state index in [-0.39, 0.29) is 11.5 Å². The van der Waals surface area contributed by atoms with Gasteiger partial charge in [0.1, 0.15) is 0 Å². The molecule has 1 amide bonds. The fraction of sp³-hybridized carbons (Fsp3) is 0.423. The van der Waals surface area contributed by atoms with Crippen molar-refractivity contribution in [1.82, 2.24) is 4.90 Å². The first-order valence-electron chi connectivity index (χ1n) is 11.9. The van der Waals surface area contributed by atoms with Gasteiger partial charge >= 0.3 is 5.97 Å². The summed E-state index contributed by atoms with van der Waals surface area (Å²) in [5.41, 5.74) is 1.86. The van der Waals surface area contributed by atoms with Crippen LogP contribution in [0.5, 0.6) is 11.5 Å². The van der Waals surface area contributed by atoms with Gasteiger partial charge in [-0.3, -0.25) is 9.79 Å². The summed E-state index contributed by atoms with van der Waals surface area (Å²) in [6.07, 6.45) is 2.34. The number of carboxylic acids is 1. The van der Waals surface area contributed by atoms with Crippen LogP contribution in [0.25, 0.3) is 0 Å². The third-order valence-corrected chi connectivity index (χ3v) is 6.21. The van der Waals surface area contributed by atoms with Crippen molar-refractivity contribution in [2.75, 3.05) is 59.1 Å². The van der Waals surface area contributed by atoms with Crippen molar-refractivity contribution in [3.63, 3.8) is 0 Å². The standard InChI is InChI=1S/C26H31N3O7/c1-33-10-5-11-36-23-15-21-18(14-22(23)34-2)24(28-20-7-4-3-6-17(20)26(31)32)19(16-27-21)25(30)29-8-12-35-13-9-29/h3-4,6-7,14-16,19,24,28H,5,8-13H2,1-2H3,(H,31,32). The molecular formula is C26H31N3O7. The molecule has 2 unspecified atom stereocenters. The number of benzene rings is 2. The number of ether oxygens (including phenoxy) is 4. The van der Waals surface area contributed by atoms with Gasteiger partial charge in [0.05, 0.1) is 50.1 Å². The van der Waals surface area contributed by atoms with E-state index < -0.39 is 17.9 Å². The number of hydrogen-bond donors (Lipinski definition) is 2. The molecule has 4 rings (SSSR count). The molecule has 1 saturated heterocycles. The minimum absolute atomic E-state index is 0.100. The number of aliphatic imine (C=N–C) groups is 1. The number of morpholine rings is 1. The zero-order valence-electron chi connectivity index (χ0n) is 20.4. The lowest BCUT2D eigenvalue weighted by Gasteiger charge is -2.35. The molecule has 2 aromatic rings. The van der Waals surface area contributed by atoms with E-state index in [0.717, 1.165) is 0 Å². The minimum atomic E-state index is -1.06. The molecular weight excluding hydrogens is 466 g/mol. The first kappa shape index (κ1) is 25.5. The lowest BCUT2D eigenvalue weighted by molar-refractivity contribution is -0.137. The van der Waals surface area contributed by atoms with Gasteiger partial charge < -0.3 is 34.3 Å². The zero-order valence-corrected chi connectivity index (χ0v) is 20.4. The molecule has 0 radical (unpaired) electrons. The van der Waals surface area contributed by atoms with Crippen LogP contribution < -0.4 is 14.8 Å². The highest BCUT2D eigenvalue weighted by molar-refractivity contribution is 5.99. The molecule has 2 heterocycles. The highest BCUT2D eigenvalue weighted by atomic mass is 16.5. The average Bonchev–Trinajstić information content (AvgIpc) is 2.91. The maximum Gasteiger partial charge on any atom is 0.337 e. The Labute approximate surface area is 209 Å². The Morgan fingerprint density at radius 2 is 1.92 bits per heavy atom. The van der Waals surface area contributed by atoms with Gasteiger partial charge in [-0.1, -0.05) is 12.1 Å². The van der Waals surface area contributed by atoms with Crippen LogP contribution in [0.2, 0.25) is 0 Å². The first-order chi connectivity index (χ1) is 17.5. The van der Waals surface area contributed by atoms with Crippen LogP contribution in [-0.2, 0) is 14.3 Å². The summed E-state index contributed by atoms with van der Waals surface area (Å²) in [5, 5.41) is 13.0. The Morgan fingerprint density at radius 3 is 2.64 bits per heavy atom. The van der Waals surface area contributed by atoms with Crippen LogP contribution in [0.3, 0.4) is 0 Å². The number of carbonyl (C=O) groups is 2. The summed E-state index contributed by atoms with van der Waals surface area (Å²) in [5.74, 6) is -0.782. The third kappa shape index (κ3) is 5.60. The zero-order chi connectivity index (χ0) is 25.5. The van der Waals surface area contributed by atoms with Crippen molar-refractivity contribution in [3.05, 3.63) is 47.5 Å². The predicted molar refractivity (Wildman–Crippen MR) is 134 cm³/mol. The van der Waals surface area contributed by atoms with Gasteiger partial charge in [0.15, 0.2) is 11.5 Å². The second-order valence-corrected chi connectivity index (χ2v) is 8.47. The van der Waals surface area contributed by atoms with Crippen molar-refractivity contribution >= 4 is 29.5 Å². The van der Waals surface area contributed by atoms with Crippen molar-refractivity contribution in [3.8, 4) is 11.5 Å². The lowest BCUT2D eigenvalue weighted by atomic mass is 9.88. The predicted octanol–water partition coefficient (Wildman–Crippen LogP) is 3.15. The number of amides is 1. The SMILES string of the molecule is COCCCOc1cc2c(cc1OC)C(Nc1ccccc1C(=O)O)C(C(=O)N1CCOCC1)C=N2. The third-order valence-electron chi connectivity index (χ3n) is 6.21. The number of hydrogen-bond acceptors (Lipinski definition) is 8. The summed E-state index contributed by atoms with van der Waals surface area (Å²) in [6.45, 7) is 2.95. The molecule has 10 nitrogen and oxygen atoms in total. The number of rotatable bonds is 10. The maximum atomic E-state index is 13.6. The number of carboxylic acid groups (broad SMARTS) is 1. The van der Waals surface area contributed by atoms with Crippen LogP contribution in [0.4, 0.5) is 11.4 Å². The number of aromatic carboxylic acids is 1. The van der Waals surface area contributed by atoms with E-state index in [1.54, 1.807) is 55.7 Å². The van der Waals surface area contributed by atoms with Crippen molar-refractivity contribution in [1.29, 1.82) is 0 Å². The fourth-order valence-corrected chi connectivity index (χ4v) is 4.36. The number of methoxy groups -OCH3 is 2. The molecule has 192 valence electrons. The highest BCUT2D eigenvalue weighted by Gasteiger charge is 2.37. The molecule has 0 aromatic heterocycles. The van der Waals surface area contributed by atoms with Crippen LogP contribution in [0, 0.1) is 5.92 Å². The molecule has 2 N–H and O–H groups in total. The fourth-order valence-electron chi connectivity index (χ4n) is 4.36. The normalized spacial score (nSPS) is 18.9. The smallest absolute Gasteiger partial charge is 0.337 e. The molecule has 2 atom stereocenters. The number of anilines is 1. The number of nitrogens with one attached hydrogen (secondary N) is 1. The molecule has 0 aliphatic carbocycles.